The smallest absolute Gasteiger partial charge is 0.319 e. The maximum Gasteiger partial charge on any atom is 0.319 e. The summed E-state index contributed by atoms with van der Waals surface area (Å²) in [6, 6.07) is 0. The van der Waals surface area contributed by atoms with Crippen LogP contribution in [0.3, 0.4) is 0 Å². The zero-order valence-electron chi connectivity index (χ0n) is 18.7. The third-order valence-corrected chi connectivity index (χ3v) is 6.29. The van der Waals surface area contributed by atoms with E-state index in [-0.39, 0.29) is 17.8 Å². The van der Waals surface area contributed by atoms with Gasteiger partial charge in [-0.05, 0) is 38.0 Å². The lowest BCUT2D eigenvalue weighted by Gasteiger charge is -2.16. The molecular formula is C23H47NO3S. The van der Waals surface area contributed by atoms with Gasteiger partial charge >= 0.3 is 5.97 Å². The summed E-state index contributed by atoms with van der Waals surface area (Å²) in [4.78, 5) is 12.5. The first-order valence-corrected chi connectivity index (χ1v) is 12.9. The van der Waals surface area contributed by atoms with Crippen LogP contribution in [0.2, 0.25) is 0 Å². The van der Waals surface area contributed by atoms with Gasteiger partial charge in [0.25, 0.3) is 0 Å². The van der Waals surface area contributed by atoms with Crippen LogP contribution in [0.4, 0.5) is 0 Å². The Balaban J connectivity index is 3.90. The molecule has 4 nitrogen and oxygen atoms in total. The van der Waals surface area contributed by atoms with Crippen LogP contribution < -0.4 is 5.32 Å². The second kappa shape index (κ2) is 23.0. The number of carbonyl (C=O) groups excluding carboxylic acids is 1. The molecule has 0 aliphatic rings. The second-order valence-electron chi connectivity index (χ2n) is 7.68. The van der Waals surface area contributed by atoms with Gasteiger partial charge in [0.2, 0.25) is 0 Å². The van der Waals surface area contributed by atoms with Crippen molar-refractivity contribution >= 4 is 17.7 Å². The number of carbonyl (C=O) groups is 1. The lowest BCUT2D eigenvalue weighted by Crippen LogP contribution is -2.21. The van der Waals surface area contributed by atoms with Crippen molar-refractivity contribution in [3.63, 3.8) is 0 Å². The van der Waals surface area contributed by atoms with Gasteiger partial charge in [0.05, 0.1) is 13.2 Å². The molecule has 0 aliphatic heterocycles. The molecular weight excluding hydrogens is 370 g/mol. The number of hydrogen-bond acceptors (Lipinski definition) is 5. The molecule has 0 bridgehead atoms. The highest BCUT2D eigenvalue weighted by Gasteiger charge is 2.19. The van der Waals surface area contributed by atoms with Gasteiger partial charge in [-0.25, -0.2) is 0 Å². The Morgan fingerprint density at radius 1 is 0.857 bits per heavy atom. The van der Waals surface area contributed by atoms with Crippen LogP contribution in [0.5, 0.6) is 0 Å². The van der Waals surface area contributed by atoms with Crippen LogP contribution in [-0.4, -0.2) is 48.4 Å². The minimum absolute atomic E-state index is 0.0136. The molecule has 2 N–H and O–H groups in total. The van der Waals surface area contributed by atoms with Crippen LogP contribution in [0.25, 0.3) is 0 Å². The van der Waals surface area contributed by atoms with E-state index in [1.807, 2.05) is 11.8 Å². The van der Waals surface area contributed by atoms with Crippen LogP contribution >= 0.6 is 11.8 Å². The molecule has 1 atom stereocenters. The Bertz CT molecular complexity index is 329. The van der Waals surface area contributed by atoms with Gasteiger partial charge in [-0.15, -0.1) is 11.8 Å². The first-order valence-electron chi connectivity index (χ1n) is 11.9. The molecule has 5 heteroatoms. The van der Waals surface area contributed by atoms with Gasteiger partial charge in [-0.1, -0.05) is 78.1 Å². The van der Waals surface area contributed by atoms with Crippen molar-refractivity contribution < 1.29 is 14.6 Å². The summed E-state index contributed by atoms with van der Waals surface area (Å²) in [6.07, 6.45) is 16.5. The Morgan fingerprint density at radius 2 is 1.50 bits per heavy atom. The number of hydrogen-bond donors (Lipinski definition) is 2. The fraction of sp³-hybridized carbons (Fsp3) is 0.957. The zero-order valence-corrected chi connectivity index (χ0v) is 19.5. The Hall–Kier alpha value is -0.260. The normalized spacial score (nSPS) is 12.2. The molecule has 0 heterocycles. The second-order valence-corrected chi connectivity index (χ2v) is 8.99. The van der Waals surface area contributed by atoms with E-state index in [4.69, 9.17) is 9.84 Å². The van der Waals surface area contributed by atoms with E-state index in [0.717, 1.165) is 50.8 Å². The number of aliphatic hydroxyl groups is 1. The first-order chi connectivity index (χ1) is 13.8. The monoisotopic (exact) mass is 417 g/mol. The molecule has 0 aromatic heterocycles. The fourth-order valence-electron chi connectivity index (χ4n) is 3.13. The van der Waals surface area contributed by atoms with E-state index in [0.29, 0.717) is 13.2 Å². The van der Waals surface area contributed by atoms with Gasteiger partial charge in [0, 0.05) is 6.54 Å². The van der Waals surface area contributed by atoms with E-state index in [1.165, 1.54) is 51.4 Å². The Morgan fingerprint density at radius 3 is 2.21 bits per heavy atom. The molecule has 168 valence electrons. The van der Waals surface area contributed by atoms with Gasteiger partial charge in [-0.3, -0.25) is 4.79 Å². The third-order valence-electron chi connectivity index (χ3n) is 4.93. The average Bonchev–Trinajstić information content (AvgIpc) is 2.70. The van der Waals surface area contributed by atoms with Crippen LogP contribution in [0.15, 0.2) is 0 Å². The van der Waals surface area contributed by atoms with E-state index in [9.17, 15) is 4.79 Å². The van der Waals surface area contributed by atoms with E-state index >= 15 is 0 Å². The highest BCUT2D eigenvalue weighted by Crippen LogP contribution is 2.22. The fourth-order valence-corrected chi connectivity index (χ4v) is 4.33. The number of aliphatic hydroxyl groups excluding tert-OH is 1. The largest absolute Gasteiger partial charge is 0.465 e. The van der Waals surface area contributed by atoms with Crippen molar-refractivity contribution in [1.82, 2.24) is 5.32 Å². The Kier molecular flexibility index (Phi) is 22.8. The summed E-state index contributed by atoms with van der Waals surface area (Å²) in [7, 11) is 0. The maximum absolute atomic E-state index is 12.5. The van der Waals surface area contributed by atoms with E-state index in [1.54, 1.807) is 0 Å². The number of thioether (sulfide) groups is 1. The van der Waals surface area contributed by atoms with E-state index < -0.39 is 0 Å². The van der Waals surface area contributed by atoms with Crippen molar-refractivity contribution in [2.75, 3.05) is 32.1 Å². The summed E-state index contributed by atoms with van der Waals surface area (Å²) in [6.45, 7) is 6.85. The molecule has 0 rings (SSSR count). The molecule has 0 spiro atoms. The SMILES string of the molecule is CCCCCCCSC(CCCCCC)C(=O)OCCCCCCNCCO. The predicted octanol–water partition coefficient (Wildman–Crippen LogP) is 5.71. The molecule has 0 aromatic carbocycles. The number of rotatable bonds is 22. The highest BCUT2D eigenvalue weighted by atomic mass is 32.2. The lowest BCUT2D eigenvalue weighted by atomic mass is 10.1. The number of ether oxygens (including phenoxy) is 1. The highest BCUT2D eigenvalue weighted by molar-refractivity contribution is 8.00. The average molecular weight is 418 g/mol. The molecule has 0 saturated heterocycles. The summed E-state index contributed by atoms with van der Waals surface area (Å²) >= 11 is 1.82. The molecule has 0 aliphatic carbocycles. The van der Waals surface area contributed by atoms with Crippen molar-refractivity contribution in [2.45, 2.75) is 109 Å². The lowest BCUT2D eigenvalue weighted by molar-refractivity contribution is -0.143. The van der Waals surface area contributed by atoms with Gasteiger partial charge in [0.1, 0.15) is 5.25 Å². The number of unbranched alkanes of at least 4 members (excludes halogenated alkanes) is 10. The molecule has 28 heavy (non-hydrogen) atoms. The van der Waals surface area contributed by atoms with E-state index in [2.05, 4.69) is 19.2 Å². The summed E-state index contributed by atoms with van der Waals surface area (Å²) in [5.74, 6) is 1.10. The molecule has 0 saturated carbocycles. The van der Waals surface area contributed by atoms with Crippen LogP contribution in [0.1, 0.15) is 104 Å². The summed E-state index contributed by atoms with van der Waals surface area (Å²) in [5, 5.41) is 11.9. The van der Waals surface area contributed by atoms with Crippen molar-refractivity contribution in [2.24, 2.45) is 0 Å². The molecule has 0 amide bonds. The molecule has 0 fully saturated rings. The Labute approximate surface area is 179 Å². The summed E-state index contributed by atoms with van der Waals surface area (Å²) < 4.78 is 5.59. The predicted molar refractivity (Wildman–Crippen MR) is 123 cm³/mol. The standard InChI is InChI=1S/C23H47NO3S/c1-3-5-7-11-15-21-28-22(16-12-8-6-4-2)23(26)27-20-14-10-9-13-17-24-18-19-25/h22,24-25H,3-21H2,1-2H3. The van der Waals surface area contributed by atoms with Gasteiger partial charge in [-0.2, -0.15) is 0 Å². The van der Waals surface area contributed by atoms with Gasteiger partial charge in [0.15, 0.2) is 0 Å². The van der Waals surface area contributed by atoms with Crippen molar-refractivity contribution in [1.29, 1.82) is 0 Å². The molecule has 0 aromatic rings. The van der Waals surface area contributed by atoms with Gasteiger partial charge < -0.3 is 15.2 Å². The molecule has 1 unspecified atom stereocenters. The first kappa shape index (κ1) is 27.7. The maximum atomic E-state index is 12.5. The van der Waals surface area contributed by atoms with Crippen LogP contribution in [-0.2, 0) is 9.53 Å². The van der Waals surface area contributed by atoms with Crippen molar-refractivity contribution in [3.8, 4) is 0 Å². The molecule has 0 radical (unpaired) electrons. The topological polar surface area (TPSA) is 58.6 Å². The summed E-state index contributed by atoms with van der Waals surface area (Å²) in [5.41, 5.74) is 0. The van der Waals surface area contributed by atoms with Crippen molar-refractivity contribution in [3.05, 3.63) is 0 Å². The van der Waals surface area contributed by atoms with Crippen LogP contribution in [0, 0.1) is 0 Å². The minimum Gasteiger partial charge on any atom is -0.465 e. The quantitative estimate of drug-likeness (QED) is 0.174. The third kappa shape index (κ3) is 19.1. The zero-order chi connectivity index (χ0) is 20.7. The number of nitrogens with one attached hydrogen (secondary N) is 1. The minimum atomic E-state index is 0.0136. The number of esters is 1.